The number of rotatable bonds is 12. The molecule has 1 aromatic heterocycles. The molecule has 0 radical (unpaired) electrons. The molecule has 2 N–H and O–H groups in total. The van der Waals surface area contributed by atoms with E-state index >= 15 is 0 Å². The molecule has 0 atom stereocenters. The van der Waals surface area contributed by atoms with Gasteiger partial charge in [-0.05, 0) is 36.4 Å². The second kappa shape index (κ2) is 13.1. The Labute approximate surface area is 170 Å². The van der Waals surface area contributed by atoms with E-state index in [1.165, 1.54) is 12.1 Å². The lowest BCUT2D eigenvalue weighted by Gasteiger charge is -2.13. The highest BCUT2D eigenvalue weighted by molar-refractivity contribution is 7.99. The van der Waals surface area contributed by atoms with Crippen LogP contribution in [0, 0.1) is 5.82 Å². The first-order valence-electron chi connectivity index (χ1n) is 9.49. The van der Waals surface area contributed by atoms with Gasteiger partial charge in [0.2, 0.25) is 0 Å². The average Bonchev–Trinajstić information content (AvgIpc) is 3.16. The van der Waals surface area contributed by atoms with Gasteiger partial charge in [0.15, 0.2) is 5.96 Å². The Morgan fingerprint density at radius 1 is 1.25 bits per heavy atom. The van der Waals surface area contributed by atoms with Crippen LogP contribution in [0.15, 0.2) is 40.5 Å². The number of nitrogens with one attached hydrogen (secondary N) is 2. The number of nitrogens with zero attached hydrogens (tertiary/aromatic N) is 4. The quantitative estimate of drug-likeness (QED) is 0.243. The van der Waals surface area contributed by atoms with Gasteiger partial charge < -0.3 is 19.9 Å². The first kappa shape index (κ1) is 22.2. The van der Waals surface area contributed by atoms with Crippen molar-refractivity contribution in [1.29, 1.82) is 0 Å². The number of halogens is 1. The maximum atomic E-state index is 12.9. The zero-order chi connectivity index (χ0) is 20.0. The van der Waals surface area contributed by atoms with Crippen LogP contribution < -0.4 is 10.6 Å². The van der Waals surface area contributed by atoms with E-state index in [2.05, 4.69) is 32.7 Å². The van der Waals surface area contributed by atoms with E-state index in [1.54, 1.807) is 37.3 Å². The number of guanidine groups is 1. The summed E-state index contributed by atoms with van der Waals surface area (Å²) in [7, 11) is 1.68. The zero-order valence-electron chi connectivity index (χ0n) is 16.5. The fraction of sp³-hybridized carbons (Fsp3) is 0.526. The third-order valence-corrected chi connectivity index (χ3v) is 5.01. The van der Waals surface area contributed by atoms with Crippen LogP contribution in [0.25, 0.3) is 0 Å². The van der Waals surface area contributed by atoms with Crippen molar-refractivity contribution in [3.63, 3.8) is 0 Å². The maximum absolute atomic E-state index is 12.9. The molecule has 2 rings (SSSR count). The molecule has 1 aromatic carbocycles. The Balaban J connectivity index is 1.73. The first-order chi connectivity index (χ1) is 13.7. The number of hydrogen-bond donors (Lipinski definition) is 2. The molecule has 0 bridgehead atoms. The lowest BCUT2D eigenvalue weighted by atomic mass is 10.4. The lowest BCUT2D eigenvalue weighted by molar-refractivity contribution is 0.203. The standard InChI is InChI=1S/C19H29FN6OS/c1-3-18-25-24-15-26(18)12-10-22-19(23-11-13-27-2)21-9-4-14-28-17-7-5-16(20)6-8-17/h5-8,15H,3-4,9-14H2,1-2H3,(H2,21,22,23). The summed E-state index contributed by atoms with van der Waals surface area (Å²) in [5, 5.41) is 14.7. The van der Waals surface area contributed by atoms with Gasteiger partial charge in [-0.3, -0.25) is 4.99 Å². The van der Waals surface area contributed by atoms with Gasteiger partial charge in [-0.1, -0.05) is 6.92 Å². The number of aryl methyl sites for hydroxylation is 1. The van der Waals surface area contributed by atoms with Crippen molar-refractivity contribution in [3.05, 3.63) is 42.2 Å². The topological polar surface area (TPSA) is 76.4 Å². The van der Waals surface area contributed by atoms with Crippen molar-refractivity contribution in [1.82, 2.24) is 25.4 Å². The summed E-state index contributed by atoms with van der Waals surface area (Å²) < 4.78 is 20.1. The van der Waals surface area contributed by atoms with Gasteiger partial charge in [0, 0.05) is 44.6 Å². The first-order valence-corrected chi connectivity index (χ1v) is 10.5. The van der Waals surface area contributed by atoms with Crippen LogP contribution >= 0.6 is 11.8 Å². The molecule has 0 amide bonds. The third kappa shape index (κ3) is 8.26. The number of benzene rings is 1. The number of thioether (sulfide) groups is 1. The van der Waals surface area contributed by atoms with Crippen molar-refractivity contribution < 1.29 is 9.13 Å². The number of methoxy groups -OCH3 is 1. The van der Waals surface area contributed by atoms with Gasteiger partial charge in [-0.2, -0.15) is 0 Å². The summed E-state index contributed by atoms with van der Waals surface area (Å²) in [4.78, 5) is 5.70. The van der Waals surface area contributed by atoms with Crippen LogP contribution in [-0.4, -0.2) is 59.8 Å². The number of aliphatic imine (C=N–C) groups is 1. The van der Waals surface area contributed by atoms with Gasteiger partial charge in [-0.25, -0.2) is 4.39 Å². The van der Waals surface area contributed by atoms with E-state index in [9.17, 15) is 4.39 Å². The normalized spacial score (nSPS) is 11.6. The Morgan fingerprint density at radius 2 is 2.04 bits per heavy atom. The summed E-state index contributed by atoms with van der Waals surface area (Å²) in [6, 6.07) is 6.58. The second-order valence-corrected chi connectivity index (χ2v) is 7.20. The predicted octanol–water partition coefficient (Wildman–Crippen LogP) is 2.34. The number of ether oxygens (including phenoxy) is 1. The molecule has 0 aliphatic carbocycles. The summed E-state index contributed by atoms with van der Waals surface area (Å²) in [5.41, 5.74) is 0. The molecule has 0 saturated heterocycles. The molecule has 28 heavy (non-hydrogen) atoms. The highest BCUT2D eigenvalue weighted by Gasteiger charge is 2.03. The second-order valence-electron chi connectivity index (χ2n) is 6.03. The minimum absolute atomic E-state index is 0.204. The fourth-order valence-electron chi connectivity index (χ4n) is 2.46. The predicted molar refractivity (Wildman–Crippen MR) is 111 cm³/mol. The molecule has 1 heterocycles. The van der Waals surface area contributed by atoms with Crippen molar-refractivity contribution in [3.8, 4) is 0 Å². The Bertz CT molecular complexity index is 707. The minimum Gasteiger partial charge on any atom is -0.383 e. The lowest BCUT2D eigenvalue weighted by Crippen LogP contribution is -2.40. The van der Waals surface area contributed by atoms with Crippen LogP contribution in [0.1, 0.15) is 19.2 Å². The molecule has 7 nitrogen and oxygen atoms in total. The molecule has 0 aliphatic heterocycles. The fourth-order valence-corrected chi connectivity index (χ4v) is 3.29. The van der Waals surface area contributed by atoms with Crippen molar-refractivity contribution in [2.75, 3.05) is 39.1 Å². The summed E-state index contributed by atoms with van der Waals surface area (Å²) >= 11 is 1.71. The number of hydrogen-bond acceptors (Lipinski definition) is 5. The van der Waals surface area contributed by atoms with Gasteiger partial charge >= 0.3 is 0 Å². The Hall–Kier alpha value is -2.13. The summed E-state index contributed by atoms with van der Waals surface area (Å²) in [6.45, 7) is 5.60. The SMILES string of the molecule is CCc1nncn1CCNC(=NCCCSc1ccc(F)cc1)NCCOC. The zero-order valence-corrected chi connectivity index (χ0v) is 17.3. The van der Waals surface area contributed by atoms with Gasteiger partial charge in [-0.15, -0.1) is 22.0 Å². The average molecular weight is 409 g/mol. The number of aromatic nitrogens is 3. The van der Waals surface area contributed by atoms with E-state index in [1.807, 2.05) is 4.57 Å². The van der Waals surface area contributed by atoms with E-state index in [4.69, 9.17) is 4.74 Å². The molecule has 0 saturated carbocycles. The molecule has 0 fully saturated rings. The Kier molecular flexibility index (Phi) is 10.4. The van der Waals surface area contributed by atoms with Crippen LogP contribution in [0.5, 0.6) is 0 Å². The highest BCUT2D eigenvalue weighted by Crippen LogP contribution is 2.18. The van der Waals surface area contributed by atoms with Crippen LogP contribution in [0.2, 0.25) is 0 Å². The van der Waals surface area contributed by atoms with E-state index < -0.39 is 0 Å². The largest absolute Gasteiger partial charge is 0.383 e. The van der Waals surface area contributed by atoms with Crippen molar-refractivity contribution in [2.45, 2.75) is 31.2 Å². The summed E-state index contributed by atoms with van der Waals surface area (Å²) in [6.07, 6.45) is 3.55. The molecular weight excluding hydrogens is 379 g/mol. The maximum Gasteiger partial charge on any atom is 0.191 e. The smallest absolute Gasteiger partial charge is 0.191 e. The van der Waals surface area contributed by atoms with Gasteiger partial charge in [0.25, 0.3) is 0 Å². The van der Waals surface area contributed by atoms with E-state index in [0.717, 1.165) is 48.4 Å². The van der Waals surface area contributed by atoms with Gasteiger partial charge in [0.1, 0.15) is 18.0 Å². The van der Waals surface area contributed by atoms with Crippen LogP contribution in [0.3, 0.4) is 0 Å². The van der Waals surface area contributed by atoms with Crippen LogP contribution in [-0.2, 0) is 17.7 Å². The molecule has 0 aliphatic rings. The molecule has 2 aromatic rings. The Morgan fingerprint density at radius 3 is 2.79 bits per heavy atom. The van der Waals surface area contributed by atoms with E-state index in [0.29, 0.717) is 19.7 Å². The summed E-state index contributed by atoms with van der Waals surface area (Å²) in [5.74, 6) is 2.48. The third-order valence-electron chi connectivity index (χ3n) is 3.91. The molecular formula is C19H29FN6OS. The van der Waals surface area contributed by atoms with Crippen LogP contribution in [0.4, 0.5) is 4.39 Å². The van der Waals surface area contributed by atoms with Crippen molar-refractivity contribution >= 4 is 17.7 Å². The minimum atomic E-state index is -0.204. The molecule has 0 unspecified atom stereocenters. The highest BCUT2D eigenvalue weighted by atomic mass is 32.2. The molecule has 0 spiro atoms. The van der Waals surface area contributed by atoms with Gasteiger partial charge in [0.05, 0.1) is 6.61 Å². The monoisotopic (exact) mass is 408 g/mol. The van der Waals surface area contributed by atoms with Crippen molar-refractivity contribution in [2.24, 2.45) is 4.99 Å². The van der Waals surface area contributed by atoms with E-state index in [-0.39, 0.29) is 5.82 Å². The molecule has 154 valence electrons. The molecule has 9 heteroatoms.